The minimum absolute atomic E-state index is 0. The van der Waals surface area contributed by atoms with Gasteiger partial charge in [0, 0.05) is 0 Å². The molecule has 96 valence electrons. The first-order valence-corrected chi connectivity index (χ1v) is 5.65. The third kappa shape index (κ3) is 4.83. The lowest BCUT2D eigenvalue weighted by Gasteiger charge is -2.22. The molecule has 1 aliphatic heterocycles. The maximum absolute atomic E-state index is 12.5. The van der Waals surface area contributed by atoms with Crippen LogP contribution in [-0.4, -0.2) is 29.7 Å². The molecule has 17 heavy (non-hydrogen) atoms. The van der Waals surface area contributed by atoms with Crippen molar-refractivity contribution >= 4 is 12.4 Å². The van der Waals surface area contributed by atoms with E-state index in [4.69, 9.17) is 4.74 Å². The number of hydrogen-bond donors (Lipinski definition) is 1. The highest BCUT2D eigenvalue weighted by Crippen LogP contribution is 2.14. The zero-order valence-corrected chi connectivity index (χ0v) is 10.4. The summed E-state index contributed by atoms with van der Waals surface area (Å²) in [7, 11) is 0. The molecule has 2 heterocycles. The lowest BCUT2D eigenvalue weighted by atomic mass is 9.97. The van der Waals surface area contributed by atoms with E-state index in [1.807, 2.05) is 0 Å². The Morgan fingerprint density at radius 2 is 2.18 bits per heavy atom. The topological polar surface area (TPSA) is 47.0 Å². The van der Waals surface area contributed by atoms with Crippen molar-refractivity contribution in [1.29, 1.82) is 0 Å². The fourth-order valence-corrected chi connectivity index (χ4v) is 1.86. The van der Waals surface area contributed by atoms with Gasteiger partial charge >= 0.3 is 6.01 Å². The Kier molecular flexibility index (Phi) is 6.15. The fourth-order valence-electron chi connectivity index (χ4n) is 1.86. The molecule has 1 fully saturated rings. The number of hydrogen-bond acceptors (Lipinski definition) is 4. The summed E-state index contributed by atoms with van der Waals surface area (Å²) in [5, 5.41) is 3.35. The van der Waals surface area contributed by atoms with Crippen LogP contribution in [0.5, 0.6) is 6.01 Å². The van der Waals surface area contributed by atoms with E-state index in [1.54, 1.807) is 0 Å². The molecule has 0 bridgehead atoms. The van der Waals surface area contributed by atoms with Crippen molar-refractivity contribution in [1.82, 2.24) is 15.3 Å². The van der Waals surface area contributed by atoms with Crippen LogP contribution in [0.1, 0.15) is 19.3 Å². The molecule has 0 aromatic carbocycles. The quantitative estimate of drug-likeness (QED) is 0.898. The molecule has 1 saturated heterocycles. The Bertz CT molecular complexity index is 317. The summed E-state index contributed by atoms with van der Waals surface area (Å²) in [5.74, 6) is 0.234. The average molecular weight is 262 g/mol. The van der Waals surface area contributed by atoms with Crippen molar-refractivity contribution in [2.75, 3.05) is 19.7 Å². The predicted octanol–water partition coefficient (Wildman–Crippen LogP) is 1.81. The normalized spacial score (nSPS) is 19.5. The molecule has 0 aliphatic carbocycles. The summed E-state index contributed by atoms with van der Waals surface area (Å²) in [6.07, 6.45) is 5.71. The third-order valence-electron chi connectivity index (χ3n) is 2.75. The Hall–Kier alpha value is -0.940. The van der Waals surface area contributed by atoms with Crippen molar-refractivity contribution in [3.63, 3.8) is 0 Å². The van der Waals surface area contributed by atoms with Gasteiger partial charge in [-0.25, -0.2) is 14.4 Å². The molecule has 0 amide bonds. The van der Waals surface area contributed by atoms with Gasteiger partial charge in [-0.3, -0.25) is 0 Å². The van der Waals surface area contributed by atoms with Crippen molar-refractivity contribution in [3.8, 4) is 6.01 Å². The summed E-state index contributed by atoms with van der Waals surface area (Å²) >= 11 is 0. The number of ether oxygens (including phenoxy) is 1. The number of aromatic nitrogens is 2. The number of nitrogens with zero attached hydrogens (tertiary/aromatic N) is 2. The van der Waals surface area contributed by atoms with Crippen molar-refractivity contribution in [2.45, 2.75) is 19.3 Å². The van der Waals surface area contributed by atoms with E-state index in [2.05, 4.69) is 15.3 Å². The minimum atomic E-state index is -0.441. The Morgan fingerprint density at radius 3 is 2.82 bits per heavy atom. The summed E-state index contributed by atoms with van der Waals surface area (Å²) in [6, 6.07) is 0.255. The van der Waals surface area contributed by atoms with E-state index in [9.17, 15) is 4.39 Å². The molecule has 1 atom stereocenters. The van der Waals surface area contributed by atoms with Crippen LogP contribution in [0, 0.1) is 11.7 Å². The smallest absolute Gasteiger partial charge is 0.316 e. The lowest BCUT2D eigenvalue weighted by molar-refractivity contribution is 0.239. The highest BCUT2D eigenvalue weighted by atomic mass is 35.5. The van der Waals surface area contributed by atoms with E-state index >= 15 is 0 Å². The molecule has 0 radical (unpaired) electrons. The molecule has 0 saturated carbocycles. The van der Waals surface area contributed by atoms with E-state index in [0.29, 0.717) is 12.5 Å². The molecule has 1 aliphatic rings. The second kappa shape index (κ2) is 7.40. The summed E-state index contributed by atoms with van der Waals surface area (Å²) < 4.78 is 17.9. The van der Waals surface area contributed by atoms with Gasteiger partial charge in [-0.1, -0.05) is 0 Å². The highest BCUT2D eigenvalue weighted by Gasteiger charge is 2.12. The van der Waals surface area contributed by atoms with E-state index < -0.39 is 5.82 Å². The van der Waals surface area contributed by atoms with Crippen LogP contribution in [0.25, 0.3) is 0 Å². The van der Waals surface area contributed by atoms with Gasteiger partial charge < -0.3 is 10.1 Å². The first-order chi connectivity index (χ1) is 7.84. The molecule has 1 N–H and O–H groups in total. The third-order valence-corrected chi connectivity index (χ3v) is 2.75. The molecular weight excluding hydrogens is 245 g/mol. The van der Waals surface area contributed by atoms with Crippen LogP contribution < -0.4 is 10.1 Å². The molecule has 1 aromatic rings. The first-order valence-electron chi connectivity index (χ1n) is 5.65. The number of nitrogens with one attached hydrogen (secondary N) is 1. The van der Waals surface area contributed by atoms with Crippen molar-refractivity contribution in [2.24, 2.45) is 5.92 Å². The van der Waals surface area contributed by atoms with Gasteiger partial charge in [0.1, 0.15) is 0 Å². The SMILES string of the molecule is Cl.Fc1cnc(OCCC2CCCNC2)nc1. The second-order valence-corrected chi connectivity index (χ2v) is 4.03. The van der Waals surface area contributed by atoms with Gasteiger partial charge in [0.05, 0.1) is 19.0 Å². The fraction of sp³-hybridized carbons (Fsp3) is 0.636. The van der Waals surface area contributed by atoms with Gasteiger partial charge in [-0.15, -0.1) is 12.4 Å². The van der Waals surface area contributed by atoms with Gasteiger partial charge in [-0.2, -0.15) is 0 Å². The van der Waals surface area contributed by atoms with Crippen LogP contribution >= 0.6 is 12.4 Å². The van der Waals surface area contributed by atoms with Crippen LogP contribution in [-0.2, 0) is 0 Å². The molecule has 2 rings (SSSR count). The van der Waals surface area contributed by atoms with E-state index in [0.717, 1.165) is 31.9 Å². The number of halogens is 2. The van der Waals surface area contributed by atoms with Gasteiger partial charge in [-0.05, 0) is 38.3 Å². The standard InChI is InChI=1S/C11H16FN3O.ClH/c12-10-7-14-11(15-8-10)16-5-3-9-2-1-4-13-6-9;/h7-9,13H,1-6H2;1H. The van der Waals surface area contributed by atoms with Gasteiger partial charge in [0.2, 0.25) is 0 Å². The Morgan fingerprint density at radius 1 is 1.41 bits per heavy atom. The zero-order chi connectivity index (χ0) is 11.2. The molecule has 1 unspecified atom stereocenters. The lowest BCUT2D eigenvalue weighted by Crippen LogP contribution is -2.30. The van der Waals surface area contributed by atoms with E-state index in [-0.39, 0.29) is 18.4 Å². The van der Waals surface area contributed by atoms with Crippen molar-refractivity contribution < 1.29 is 9.13 Å². The maximum Gasteiger partial charge on any atom is 0.316 e. The molecule has 4 nitrogen and oxygen atoms in total. The maximum atomic E-state index is 12.5. The molecule has 1 aromatic heterocycles. The summed E-state index contributed by atoms with van der Waals surface area (Å²) in [4.78, 5) is 7.47. The molecular formula is C11H17ClFN3O. The van der Waals surface area contributed by atoms with Crippen LogP contribution in [0.4, 0.5) is 4.39 Å². The van der Waals surface area contributed by atoms with Crippen LogP contribution in [0.15, 0.2) is 12.4 Å². The van der Waals surface area contributed by atoms with Crippen LogP contribution in [0.2, 0.25) is 0 Å². The Balaban J connectivity index is 0.00000144. The molecule has 0 spiro atoms. The number of piperidine rings is 1. The number of rotatable bonds is 4. The monoisotopic (exact) mass is 261 g/mol. The summed E-state index contributed by atoms with van der Waals surface area (Å²) in [6.45, 7) is 2.78. The minimum Gasteiger partial charge on any atom is -0.463 e. The zero-order valence-electron chi connectivity index (χ0n) is 9.56. The van der Waals surface area contributed by atoms with E-state index in [1.165, 1.54) is 12.8 Å². The largest absolute Gasteiger partial charge is 0.463 e. The van der Waals surface area contributed by atoms with Crippen molar-refractivity contribution in [3.05, 3.63) is 18.2 Å². The molecule has 6 heteroatoms. The van der Waals surface area contributed by atoms with Crippen LogP contribution in [0.3, 0.4) is 0 Å². The van der Waals surface area contributed by atoms with Gasteiger partial charge in [0.25, 0.3) is 0 Å². The summed E-state index contributed by atoms with van der Waals surface area (Å²) in [5.41, 5.74) is 0. The predicted molar refractivity (Wildman–Crippen MR) is 64.9 cm³/mol. The highest BCUT2D eigenvalue weighted by molar-refractivity contribution is 5.85. The van der Waals surface area contributed by atoms with Gasteiger partial charge in [0.15, 0.2) is 5.82 Å². The first kappa shape index (κ1) is 14.1. The average Bonchev–Trinajstić information content (AvgIpc) is 2.33. The second-order valence-electron chi connectivity index (χ2n) is 4.03. The Labute approximate surface area is 106 Å².